The van der Waals surface area contributed by atoms with Crippen molar-refractivity contribution in [2.75, 3.05) is 26.3 Å². The van der Waals surface area contributed by atoms with E-state index in [1.54, 1.807) is 0 Å². The van der Waals surface area contributed by atoms with E-state index in [2.05, 4.69) is 5.32 Å². The summed E-state index contributed by atoms with van der Waals surface area (Å²) in [5.74, 6) is 0.869. The molecule has 1 amide bonds. The normalized spacial score (nSPS) is 15.5. The lowest BCUT2D eigenvalue weighted by Gasteiger charge is -2.05. The first-order valence-corrected chi connectivity index (χ1v) is 5.37. The minimum Gasteiger partial charge on any atom is -0.379 e. The summed E-state index contributed by atoms with van der Waals surface area (Å²) in [6.45, 7) is 2.69. The highest BCUT2D eigenvalue weighted by atomic mass is 16.5. The molecule has 0 bridgehead atoms. The molecular formula is C10H20N2O2. The van der Waals surface area contributed by atoms with Gasteiger partial charge in [0, 0.05) is 19.6 Å². The van der Waals surface area contributed by atoms with E-state index in [1.807, 2.05) is 0 Å². The summed E-state index contributed by atoms with van der Waals surface area (Å²) < 4.78 is 5.37. The minimum absolute atomic E-state index is 0.0745. The molecule has 0 saturated heterocycles. The first-order valence-electron chi connectivity index (χ1n) is 5.37. The summed E-state index contributed by atoms with van der Waals surface area (Å²) in [6.07, 6.45) is 3.90. The molecule has 4 heteroatoms. The van der Waals surface area contributed by atoms with Crippen LogP contribution in [0.2, 0.25) is 0 Å². The molecule has 0 aromatic carbocycles. The molecule has 14 heavy (non-hydrogen) atoms. The third-order valence-corrected chi connectivity index (χ3v) is 2.23. The van der Waals surface area contributed by atoms with Crippen molar-refractivity contribution in [1.82, 2.24) is 5.32 Å². The first-order chi connectivity index (χ1) is 6.83. The molecule has 1 saturated carbocycles. The lowest BCUT2D eigenvalue weighted by atomic mass is 10.3. The summed E-state index contributed by atoms with van der Waals surface area (Å²) in [7, 11) is 0. The number of carbonyl (C=O) groups is 1. The van der Waals surface area contributed by atoms with Gasteiger partial charge >= 0.3 is 0 Å². The number of nitrogens with one attached hydrogen (secondary N) is 1. The highest BCUT2D eigenvalue weighted by molar-refractivity contribution is 5.75. The molecule has 4 nitrogen and oxygen atoms in total. The number of amides is 1. The zero-order chi connectivity index (χ0) is 10.2. The molecule has 3 N–H and O–H groups in total. The molecule has 0 aromatic rings. The maximum absolute atomic E-state index is 11.1. The highest BCUT2D eigenvalue weighted by Gasteiger charge is 2.20. The third kappa shape index (κ3) is 5.94. The van der Waals surface area contributed by atoms with Crippen molar-refractivity contribution >= 4 is 5.91 Å². The van der Waals surface area contributed by atoms with Gasteiger partial charge in [-0.15, -0.1) is 0 Å². The molecular weight excluding hydrogens is 180 g/mol. The molecule has 1 aliphatic rings. The lowest BCUT2D eigenvalue weighted by molar-refractivity contribution is -0.121. The second-order valence-corrected chi connectivity index (χ2v) is 3.76. The first kappa shape index (κ1) is 11.5. The van der Waals surface area contributed by atoms with Crippen molar-refractivity contribution in [3.8, 4) is 0 Å². The van der Waals surface area contributed by atoms with E-state index in [9.17, 15) is 4.79 Å². The number of ether oxygens (including phenoxy) is 1. The molecule has 0 heterocycles. The van der Waals surface area contributed by atoms with Gasteiger partial charge in [0.25, 0.3) is 0 Å². The van der Waals surface area contributed by atoms with Crippen LogP contribution in [-0.4, -0.2) is 32.2 Å². The molecule has 1 rings (SSSR count). The quantitative estimate of drug-likeness (QED) is 0.553. The van der Waals surface area contributed by atoms with E-state index in [-0.39, 0.29) is 5.91 Å². The summed E-state index contributed by atoms with van der Waals surface area (Å²) in [6, 6.07) is 0. The van der Waals surface area contributed by atoms with E-state index in [0.29, 0.717) is 26.1 Å². The Morgan fingerprint density at radius 3 is 2.93 bits per heavy atom. The Labute approximate surface area is 85.2 Å². The van der Waals surface area contributed by atoms with Crippen LogP contribution in [0, 0.1) is 5.92 Å². The summed E-state index contributed by atoms with van der Waals surface area (Å²) in [5.41, 5.74) is 5.29. The maximum atomic E-state index is 11.1. The number of nitrogens with two attached hydrogens (primary N) is 1. The van der Waals surface area contributed by atoms with Crippen LogP contribution in [0.5, 0.6) is 0 Å². The van der Waals surface area contributed by atoms with E-state index in [4.69, 9.17) is 10.5 Å². The van der Waals surface area contributed by atoms with E-state index >= 15 is 0 Å². The zero-order valence-electron chi connectivity index (χ0n) is 8.63. The van der Waals surface area contributed by atoms with Crippen molar-refractivity contribution < 1.29 is 9.53 Å². The second kappa shape index (κ2) is 6.79. The fourth-order valence-electron chi connectivity index (χ4n) is 1.15. The van der Waals surface area contributed by atoms with Crippen LogP contribution in [-0.2, 0) is 9.53 Å². The van der Waals surface area contributed by atoms with Crippen LogP contribution in [0.1, 0.15) is 25.7 Å². The Morgan fingerprint density at radius 2 is 2.29 bits per heavy atom. The number of rotatable bonds is 8. The zero-order valence-corrected chi connectivity index (χ0v) is 8.63. The Balaban J connectivity index is 1.79. The van der Waals surface area contributed by atoms with Gasteiger partial charge in [-0.05, 0) is 31.7 Å². The fourth-order valence-corrected chi connectivity index (χ4v) is 1.15. The smallest absolute Gasteiger partial charge is 0.220 e. The molecule has 0 aromatic heterocycles. The highest BCUT2D eigenvalue weighted by Crippen LogP contribution is 2.28. The van der Waals surface area contributed by atoms with Crippen LogP contribution in [0.4, 0.5) is 0 Å². The number of carbonyl (C=O) groups excluding carboxylic acids is 1. The number of hydrogen-bond donors (Lipinski definition) is 2. The number of hydrogen-bond acceptors (Lipinski definition) is 3. The van der Waals surface area contributed by atoms with Gasteiger partial charge in [0.05, 0.1) is 6.61 Å². The Hall–Kier alpha value is -0.610. The molecule has 0 radical (unpaired) electrons. The van der Waals surface area contributed by atoms with Crippen LogP contribution in [0.25, 0.3) is 0 Å². The van der Waals surface area contributed by atoms with E-state index < -0.39 is 0 Å². The van der Waals surface area contributed by atoms with E-state index in [0.717, 1.165) is 18.9 Å². The van der Waals surface area contributed by atoms with E-state index in [1.165, 1.54) is 12.8 Å². The summed E-state index contributed by atoms with van der Waals surface area (Å²) in [5, 5.41) is 2.79. The van der Waals surface area contributed by atoms with Crippen molar-refractivity contribution in [2.24, 2.45) is 11.7 Å². The van der Waals surface area contributed by atoms with Crippen LogP contribution in [0.3, 0.4) is 0 Å². The average Bonchev–Trinajstić information content (AvgIpc) is 2.98. The Bertz CT molecular complexity index is 170. The van der Waals surface area contributed by atoms with Gasteiger partial charge < -0.3 is 15.8 Å². The minimum atomic E-state index is 0.0745. The molecule has 0 aliphatic heterocycles. The molecule has 0 atom stereocenters. The van der Waals surface area contributed by atoms with Crippen molar-refractivity contribution in [3.05, 3.63) is 0 Å². The van der Waals surface area contributed by atoms with Gasteiger partial charge in [0.2, 0.25) is 5.91 Å². The van der Waals surface area contributed by atoms with Gasteiger partial charge in [-0.25, -0.2) is 0 Å². The van der Waals surface area contributed by atoms with Crippen LogP contribution < -0.4 is 11.1 Å². The third-order valence-electron chi connectivity index (χ3n) is 2.23. The van der Waals surface area contributed by atoms with Gasteiger partial charge in [0.1, 0.15) is 0 Å². The predicted octanol–water partition coefficient (Wildman–Crippen LogP) is 0.268. The lowest BCUT2D eigenvalue weighted by Crippen LogP contribution is -2.27. The van der Waals surface area contributed by atoms with Crippen molar-refractivity contribution in [3.63, 3.8) is 0 Å². The van der Waals surface area contributed by atoms with Crippen LogP contribution >= 0.6 is 0 Å². The summed E-state index contributed by atoms with van der Waals surface area (Å²) >= 11 is 0. The molecule has 1 aliphatic carbocycles. The topological polar surface area (TPSA) is 64.4 Å². The van der Waals surface area contributed by atoms with Gasteiger partial charge in [-0.3, -0.25) is 4.79 Å². The monoisotopic (exact) mass is 200 g/mol. The molecule has 82 valence electrons. The Kier molecular flexibility index (Phi) is 5.56. The average molecular weight is 200 g/mol. The predicted molar refractivity (Wildman–Crippen MR) is 54.8 cm³/mol. The van der Waals surface area contributed by atoms with Gasteiger partial charge in [0.15, 0.2) is 0 Å². The van der Waals surface area contributed by atoms with Crippen molar-refractivity contribution in [2.45, 2.75) is 25.7 Å². The fraction of sp³-hybridized carbons (Fsp3) is 0.900. The summed E-state index contributed by atoms with van der Waals surface area (Å²) in [4.78, 5) is 11.1. The standard InChI is InChI=1S/C10H20N2O2/c11-5-1-2-10(13)12-6-7-14-8-9-3-4-9/h9H,1-8,11H2,(H,12,13). The van der Waals surface area contributed by atoms with Gasteiger partial charge in [-0.1, -0.05) is 0 Å². The molecule has 0 unspecified atom stereocenters. The largest absolute Gasteiger partial charge is 0.379 e. The Morgan fingerprint density at radius 1 is 1.50 bits per heavy atom. The van der Waals surface area contributed by atoms with Gasteiger partial charge in [-0.2, -0.15) is 0 Å². The molecule has 0 spiro atoms. The molecule has 1 fully saturated rings. The second-order valence-electron chi connectivity index (χ2n) is 3.76. The maximum Gasteiger partial charge on any atom is 0.220 e. The van der Waals surface area contributed by atoms with Crippen LogP contribution in [0.15, 0.2) is 0 Å². The SMILES string of the molecule is NCCCC(=O)NCCOCC1CC1. The van der Waals surface area contributed by atoms with Crippen molar-refractivity contribution in [1.29, 1.82) is 0 Å².